The molecule has 0 aliphatic rings. The lowest BCUT2D eigenvalue weighted by Crippen LogP contribution is -2.11. The quantitative estimate of drug-likeness (QED) is 0.0953. The monoisotopic (exact) mass is 1830 g/mol. The molecule has 23 aromatic carbocycles. The Kier molecular flexibility index (Phi) is 20.4. The largest absolute Gasteiger partial charge is 0.451 e. The number of fused-ring (bicyclic) bond motifs is 22. The Balaban J connectivity index is 0.000000107. The number of anilines is 9. The molecule has 0 spiro atoms. The van der Waals surface area contributed by atoms with E-state index >= 15 is 0 Å². The van der Waals surface area contributed by atoms with Gasteiger partial charge in [0.1, 0.15) is 16.6 Å². The van der Waals surface area contributed by atoms with E-state index in [1.807, 2.05) is 0 Å². The first kappa shape index (κ1) is 83.2. The minimum atomic E-state index is 0.847. The van der Waals surface area contributed by atoms with Crippen molar-refractivity contribution in [1.29, 1.82) is 0 Å². The zero-order chi connectivity index (χ0) is 94.4. The van der Waals surface area contributed by atoms with E-state index in [9.17, 15) is 0 Å². The summed E-state index contributed by atoms with van der Waals surface area (Å²) in [4.78, 5) is 7.00. The summed E-state index contributed by atoms with van der Waals surface area (Å²) in [6.45, 7) is 0. The lowest BCUT2D eigenvalue weighted by molar-refractivity contribution is 0.672. The highest BCUT2D eigenvalue weighted by Gasteiger charge is 2.30. The van der Waals surface area contributed by atoms with Crippen LogP contribution in [0.5, 0.6) is 0 Å². The summed E-state index contributed by atoms with van der Waals surface area (Å²) < 4.78 is 27.9. The van der Waals surface area contributed by atoms with Crippen molar-refractivity contribution >= 4 is 204 Å². The molecule has 0 aliphatic carbocycles. The second-order valence-electron chi connectivity index (χ2n) is 36.5. The third-order valence-electron chi connectivity index (χ3n) is 28.3. The van der Waals surface area contributed by atoms with Crippen LogP contribution in [0, 0.1) is 0 Å². The van der Waals surface area contributed by atoms with E-state index in [-0.39, 0.29) is 0 Å². The molecule has 0 aliphatic heterocycles. The van der Waals surface area contributed by atoms with Crippen molar-refractivity contribution in [2.75, 3.05) is 14.7 Å². The molecular weight excluding hydrogens is 1740 g/mol. The summed E-state index contributed by atoms with van der Waals surface area (Å²) in [5.41, 5.74) is 31.6. The fourth-order valence-electron chi connectivity index (χ4n) is 21.7. The second kappa shape index (κ2) is 35.1. The molecule has 0 unspecified atom stereocenters. The van der Waals surface area contributed by atoms with Crippen molar-refractivity contribution in [3.63, 3.8) is 0 Å². The van der Waals surface area contributed by atoms with Gasteiger partial charge < -0.3 is 41.7 Å². The van der Waals surface area contributed by atoms with Gasteiger partial charge in [-0.2, -0.15) is 0 Å². The van der Waals surface area contributed by atoms with Crippen molar-refractivity contribution in [3.8, 4) is 50.4 Å². The average Bonchev–Trinajstić information content (AvgIpc) is 1.56. The summed E-state index contributed by atoms with van der Waals surface area (Å²) in [7, 11) is 0. The van der Waals surface area contributed by atoms with Gasteiger partial charge in [-0.3, -0.25) is 0 Å². The fourth-order valence-corrected chi connectivity index (χ4v) is 21.7. The maximum absolute atomic E-state index is 7.04. The number of hydrogen-bond donors (Lipinski definition) is 0. The van der Waals surface area contributed by atoms with E-state index in [0.717, 1.165) is 178 Å². The lowest BCUT2D eigenvalue weighted by atomic mass is 9.99. The minimum Gasteiger partial charge on any atom is -0.451 e. The van der Waals surface area contributed by atoms with Crippen molar-refractivity contribution in [1.82, 2.24) is 13.7 Å². The maximum Gasteiger partial charge on any atom is 0.161 e. The summed E-state index contributed by atoms with van der Waals surface area (Å²) >= 11 is 0. The molecule has 6 aromatic heterocycles. The van der Waals surface area contributed by atoms with Gasteiger partial charge in [0, 0.05) is 83.4 Å². The van der Waals surface area contributed by atoms with Gasteiger partial charge >= 0.3 is 0 Å². The molecule has 0 atom stereocenters. The highest BCUT2D eigenvalue weighted by Crippen LogP contribution is 2.53. The van der Waals surface area contributed by atoms with Crippen LogP contribution in [0.3, 0.4) is 0 Å². The first-order chi connectivity index (χ1) is 71.0. The first-order valence-electron chi connectivity index (χ1n) is 48.7. The van der Waals surface area contributed by atoms with Gasteiger partial charge in [0.15, 0.2) is 33.5 Å². The van der Waals surface area contributed by atoms with Crippen LogP contribution in [0.25, 0.3) is 203 Å². The van der Waals surface area contributed by atoms with Crippen LogP contribution in [0.4, 0.5) is 51.2 Å². The van der Waals surface area contributed by atoms with Crippen molar-refractivity contribution in [2.24, 2.45) is 0 Å². The number of benzene rings is 23. The third kappa shape index (κ3) is 14.4. The highest BCUT2D eigenvalue weighted by atomic mass is 16.3. The van der Waals surface area contributed by atoms with Gasteiger partial charge in [0.2, 0.25) is 0 Å². The molecule has 672 valence electrons. The van der Waals surface area contributed by atoms with Crippen LogP contribution in [-0.4, -0.2) is 13.7 Å². The molecule has 0 amide bonds. The van der Waals surface area contributed by atoms with Gasteiger partial charge in [-0.25, -0.2) is 0 Å². The standard InChI is InChI=1S/C48H32N2O.C46H30N2O.C40H26N2O/c1-3-15-35(16-4-1)40-20-9-11-23-43(40)49(39-30-28-34(29-31-39)37-27-26-33-14-7-8-17-36(33)32-37)45-25-13-22-42-46-48(51-47(42)45)41-21-10-12-24-44(41)50(46)38-18-5-2-6-19-38;1-3-12-31(13-4-1)32-24-26-36(27-25-32)47(37-28-29-39-34(30-37)23-22-33-14-7-8-17-38(33)39)43-21-11-19-41-44-46(49-45(41)43)40-18-9-10-20-42(40)48(44)35-15-5-2-6-16-35;1-3-13-29(14-4-1)41(31-24-25-33-28(26-31)23-22-27-12-7-8-17-32(27)33)37-21-11-19-35-38-40(43-39(35)37)34-18-9-10-20-36(34)42(38)30-15-5-2-6-16-30/h1-32H;1-30H;1-26H. The number of hydrogen-bond acceptors (Lipinski definition) is 6. The number of furan rings is 3. The Hall–Kier alpha value is -19.2. The Bertz CT molecular complexity index is 9920. The van der Waals surface area contributed by atoms with E-state index in [2.05, 4.69) is 562 Å². The fraction of sp³-hybridized carbons (Fsp3) is 0. The normalized spacial score (nSPS) is 11.6. The molecule has 29 rings (SSSR count). The molecule has 0 saturated carbocycles. The van der Waals surface area contributed by atoms with Gasteiger partial charge in [0.25, 0.3) is 0 Å². The molecule has 9 heteroatoms. The van der Waals surface area contributed by atoms with Gasteiger partial charge in [-0.1, -0.05) is 352 Å². The molecule has 143 heavy (non-hydrogen) atoms. The molecule has 0 saturated heterocycles. The summed E-state index contributed by atoms with van der Waals surface area (Å²) in [6, 6.07) is 190. The van der Waals surface area contributed by atoms with E-state index in [1.165, 1.54) is 76.1 Å². The van der Waals surface area contributed by atoms with Crippen LogP contribution in [-0.2, 0) is 0 Å². The summed E-state index contributed by atoms with van der Waals surface area (Å²) in [5.74, 6) is 0. The Morgan fingerprint density at radius 3 is 0.881 bits per heavy atom. The van der Waals surface area contributed by atoms with Gasteiger partial charge in [-0.15, -0.1) is 0 Å². The summed E-state index contributed by atoms with van der Waals surface area (Å²) in [5, 5.41) is 18.9. The van der Waals surface area contributed by atoms with Crippen molar-refractivity contribution in [3.05, 3.63) is 534 Å². The molecule has 0 N–H and O–H groups in total. The smallest absolute Gasteiger partial charge is 0.161 e. The van der Waals surface area contributed by atoms with Crippen LogP contribution < -0.4 is 14.7 Å². The molecule has 0 radical (unpaired) electrons. The number of rotatable bonds is 15. The Morgan fingerprint density at radius 2 is 0.434 bits per heavy atom. The second-order valence-corrected chi connectivity index (χ2v) is 36.5. The zero-order valence-electron chi connectivity index (χ0n) is 77.7. The van der Waals surface area contributed by atoms with Crippen LogP contribution in [0.1, 0.15) is 0 Å². The number of para-hydroxylation sites is 11. The molecule has 9 nitrogen and oxygen atoms in total. The Morgan fingerprint density at radius 1 is 0.147 bits per heavy atom. The zero-order valence-corrected chi connectivity index (χ0v) is 77.7. The molecule has 6 heterocycles. The lowest BCUT2D eigenvalue weighted by Gasteiger charge is -2.28. The van der Waals surface area contributed by atoms with Crippen LogP contribution >= 0.6 is 0 Å². The predicted octanol–water partition coefficient (Wildman–Crippen LogP) is 37.8. The van der Waals surface area contributed by atoms with Crippen LogP contribution in [0.2, 0.25) is 0 Å². The SMILES string of the molecule is c1ccc(-c2ccc(N(c3ccc4c(ccc5ccccc54)c3)c3cccc4c3oc3c5ccccc5n(-c5ccccc5)c43)cc2)cc1.c1ccc(-c2ccccc2N(c2ccc(-c3ccc4ccccc4c3)cc2)c2cccc3c2oc2c4ccccc4n(-c4ccccc4)c32)cc1.c1ccc(N(c2ccc3c(ccc4ccccc43)c2)c2cccc3c2oc2c4ccccc4n(-c4ccccc4)c32)cc1. The summed E-state index contributed by atoms with van der Waals surface area (Å²) in [6.07, 6.45) is 0. The molecule has 0 fully saturated rings. The average molecular weight is 1830 g/mol. The maximum atomic E-state index is 7.04. The van der Waals surface area contributed by atoms with E-state index < -0.39 is 0 Å². The molecule has 0 bridgehead atoms. The number of nitrogens with zero attached hydrogens (tertiary/aromatic N) is 6. The molecule has 29 aromatic rings. The first-order valence-corrected chi connectivity index (χ1v) is 48.7. The number of aromatic nitrogens is 3. The van der Waals surface area contributed by atoms with E-state index in [4.69, 9.17) is 13.3 Å². The predicted molar refractivity (Wildman–Crippen MR) is 600 cm³/mol. The third-order valence-corrected chi connectivity index (χ3v) is 28.3. The van der Waals surface area contributed by atoms with Crippen molar-refractivity contribution < 1.29 is 13.3 Å². The van der Waals surface area contributed by atoms with Crippen molar-refractivity contribution in [2.45, 2.75) is 0 Å². The topological polar surface area (TPSA) is 63.9 Å². The van der Waals surface area contributed by atoms with E-state index in [0.29, 0.717) is 0 Å². The highest BCUT2D eigenvalue weighted by molar-refractivity contribution is 6.23. The van der Waals surface area contributed by atoms with Gasteiger partial charge in [-0.05, 0) is 264 Å². The van der Waals surface area contributed by atoms with E-state index in [1.54, 1.807) is 0 Å². The minimum absolute atomic E-state index is 0.847. The van der Waals surface area contributed by atoms with Crippen LogP contribution in [0.15, 0.2) is 547 Å². The molecular formula is C134H88N6O3. The van der Waals surface area contributed by atoms with Gasteiger partial charge in [0.05, 0.1) is 39.3 Å². The Labute approximate surface area is 824 Å².